The Hall–Kier alpha value is -1.73. The van der Waals surface area contributed by atoms with Crippen LogP contribution in [0, 0.1) is 0 Å². The second-order valence-electron chi connectivity index (χ2n) is 4.00. The van der Waals surface area contributed by atoms with Crippen LogP contribution in [0.3, 0.4) is 0 Å². The molecule has 1 aliphatic rings. The number of methoxy groups -OCH3 is 1. The Morgan fingerprint density at radius 2 is 2.14 bits per heavy atom. The second-order valence-corrected chi connectivity index (χ2v) is 6.02. The predicted octanol–water partition coefficient (Wildman–Crippen LogP) is 2.95. The van der Waals surface area contributed by atoms with Crippen molar-refractivity contribution in [3.8, 4) is 11.5 Å². The first-order valence-electron chi connectivity index (χ1n) is 5.96. The number of benzene rings is 1. The zero-order valence-corrected chi connectivity index (χ0v) is 13.3. The Morgan fingerprint density at radius 3 is 2.71 bits per heavy atom. The molecule has 1 aromatic carbocycles. The Labute approximate surface area is 130 Å². The molecule has 1 aliphatic heterocycles. The summed E-state index contributed by atoms with van der Waals surface area (Å²) in [7, 11) is 1.49. The molecule has 1 aromatic rings. The minimum absolute atomic E-state index is 0.0811. The highest BCUT2D eigenvalue weighted by molar-refractivity contribution is 8.45. The van der Waals surface area contributed by atoms with Gasteiger partial charge in [0, 0.05) is 6.92 Å². The van der Waals surface area contributed by atoms with E-state index < -0.39 is 5.97 Å². The number of thioether (sulfide) groups is 2. The van der Waals surface area contributed by atoms with Gasteiger partial charge < -0.3 is 9.47 Å². The lowest BCUT2D eigenvalue weighted by Gasteiger charge is -2.08. The van der Waals surface area contributed by atoms with Crippen LogP contribution in [0.1, 0.15) is 12.5 Å². The fourth-order valence-corrected chi connectivity index (χ4v) is 2.91. The number of aliphatic imine (C=N–C) groups is 1. The standard InChI is InChI=1S/C14H13NO4S2/c1-8(16)19-11-5-4-9(7-12(11)18-2)6-10-13(17)21-14(15-10)20-3/h4-7H,1-3H3/b10-6-. The molecule has 0 N–H and O–H groups in total. The normalized spacial score (nSPS) is 16.0. The first-order valence-corrected chi connectivity index (χ1v) is 8.00. The first kappa shape index (κ1) is 15.7. The van der Waals surface area contributed by atoms with Gasteiger partial charge in [0.25, 0.3) is 0 Å². The lowest BCUT2D eigenvalue weighted by molar-refractivity contribution is -0.132. The van der Waals surface area contributed by atoms with Crippen LogP contribution in [0.25, 0.3) is 6.08 Å². The van der Waals surface area contributed by atoms with Crippen LogP contribution < -0.4 is 9.47 Å². The maximum atomic E-state index is 11.8. The minimum atomic E-state index is -0.420. The summed E-state index contributed by atoms with van der Waals surface area (Å²) in [6, 6.07) is 5.05. The summed E-state index contributed by atoms with van der Waals surface area (Å²) in [5.41, 5.74) is 1.14. The average molecular weight is 323 g/mol. The maximum absolute atomic E-state index is 11.8. The molecule has 1 heterocycles. The van der Waals surface area contributed by atoms with E-state index in [2.05, 4.69) is 4.99 Å². The van der Waals surface area contributed by atoms with Gasteiger partial charge >= 0.3 is 5.97 Å². The van der Waals surface area contributed by atoms with E-state index in [4.69, 9.17) is 9.47 Å². The summed E-state index contributed by atoms with van der Waals surface area (Å²) in [5, 5.41) is -0.0811. The summed E-state index contributed by atoms with van der Waals surface area (Å²) in [4.78, 5) is 27.0. The smallest absolute Gasteiger partial charge is 0.308 e. The lowest BCUT2D eigenvalue weighted by Crippen LogP contribution is -2.03. The fraction of sp³-hybridized carbons (Fsp3) is 0.214. The van der Waals surface area contributed by atoms with E-state index in [9.17, 15) is 9.59 Å². The molecule has 110 valence electrons. The molecule has 0 saturated carbocycles. The molecule has 0 aliphatic carbocycles. The van der Waals surface area contributed by atoms with Crippen LogP contribution in [0.4, 0.5) is 0 Å². The largest absolute Gasteiger partial charge is 0.493 e. The third-order valence-electron chi connectivity index (χ3n) is 2.52. The summed E-state index contributed by atoms with van der Waals surface area (Å²) >= 11 is 2.56. The second kappa shape index (κ2) is 6.82. The van der Waals surface area contributed by atoms with E-state index in [0.717, 1.165) is 21.7 Å². The van der Waals surface area contributed by atoms with E-state index in [1.165, 1.54) is 25.8 Å². The van der Waals surface area contributed by atoms with Crippen molar-refractivity contribution < 1.29 is 19.1 Å². The van der Waals surface area contributed by atoms with Crippen LogP contribution >= 0.6 is 23.5 Å². The summed E-state index contributed by atoms with van der Waals surface area (Å²) in [6.07, 6.45) is 3.55. The van der Waals surface area contributed by atoms with E-state index in [1.807, 2.05) is 6.26 Å². The molecule has 0 atom stereocenters. The van der Waals surface area contributed by atoms with Crippen molar-refractivity contribution in [3.05, 3.63) is 29.5 Å². The summed E-state index contributed by atoms with van der Waals surface area (Å²) < 4.78 is 10.9. The number of hydrogen-bond donors (Lipinski definition) is 0. The van der Waals surface area contributed by atoms with Crippen LogP contribution in [0.15, 0.2) is 28.9 Å². The number of hydrogen-bond acceptors (Lipinski definition) is 7. The van der Waals surface area contributed by atoms with E-state index in [-0.39, 0.29) is 5.12 Å². The lowest BCUT2D eigenvalue weighted by atomic mass is 10.1. The van der Waals surface area contributed by atoms with Crippen molar-refractivity contribution in [2.45, 2.75) is 6.92 Å². The first-order chi connectivity index (χ1) is 10.0. The van der Waals surface area contributed by atoms with Crippen molar-refractivity contribution in [2.24, 2.45) is 4.99 Å². The van der Waals surface area contributed by atoms with E-state index in [0.29, 0.717) is 17.2 Å². The van der Waals surface area contributed by atoms with Crippen LogP contribution in [0.5, 0.6) is 11.5 Å². The number of nitrogens with zero attached hydrogens (tertiary/aromatic N) is 1. The molecule has 0 bridgehead atoms. The number of ether oxygens (including phenoxy) is 2. The number of rotatable bonds is 3. The SMILES string of the molecule is COc1cc(/C=C2\N=C(SC)SC2=O)ccc1OC(C)=O. The molecule has 0 saturated heterocycles. The molecule has 0 unspecified atom stereocenters. The van der Waals surface area contributed by atoms with Gasteiger partial charge in [0.1, 0.15) is 10.1 Å². The molecule has 0 fully saturated rings. The number of esters is 1. The third-order valence-corrected chi connectivity index (χ3v) is 4.37. The molecule has 0 spiro atoms. The maximum Gasteiger partial charge on any atom is 0.308 e. The monoisotopic (exact) mass is 323 g/mol. The molecular weight excluding hydrogens is 310 g/mol. The molecule has 2 rings (SSSR count). The highest BCUT2D eigenvalue weighted by Crippen LogP contribution is 2.32. The van der Waals surface area contributed by atoms with E-state index in [1.54, 1.807) is 24.3 Å². The van der Waals surface area contributed by atoms with Gasteiger partial charge in [0.15, 0.2) is 11.5 Å². The molecular formula is C14H13NO4S2. The van der Waals surface area contributed by atoms with Gasteiger partial charge in [-0.1, -0.05) is 6.07 Å². The summed E-state index contributed by atoms with van der Waals surface area (Å²) in [5.74, 6) is 0.343. The van der Waals surface area contributed by atoms with Gasteiger partial charge in [-0.25, -0.2) is 4.99 Å². The Bertz CT molecular complexity index is 652. The van der Waals surface area contributed by atoms with Gasteiger partial charge in [-0.05, 0) is 41.8 Å². The van der Waals surface area contributed by atoms with Crippen molar-refractivity contribution in [2.75, 3.05) is 13.4 Å². The topological polar surface area (TPSA) is 65.0 Å². The minimum Gasteiger partial charge on any atom is -0.493 e. The highest BCUT2D eigenvalue weighted by Gasteiger charge is 2.21. The van der Waals surface area contributed by atoms with Crippen molar-refractivity contribution in [1.29, 1.82) is 0 Å². The number of carbonyl (C=O) groups is 2. The van der Waals surface area contributed by atoms with Crippen molar-refractivity contribution >= 4 is 45.1 Å². The molecule has 7 heteroatoms. The molecule has 0 amide bonds. The highest BCUT2D eigenvalue weighted by atomic mass is 32.2. The van der Waals surface area contributed by atoms with Crippen LogP contribution in [-0.4, -0.2) is 28.8 Å². The van der Waals surface area contributed by atoms with Crippen LogP contribution in [-0.2, 0) is 9.59 Å². The third kappa shape index (κ3) is 3.89. The quantitative estimate of drug-likeness (QED) is 0.484. The van der Waals surface area contributed by atoms with Crippen molar-refractivity contribution in [1.82, 2.24) is 0 Å². The fourth-order valence-electron chi connectivity index (χ4n) is 1.65. The molecule has 0 aromatic heterocycles. The van der Waals surface area contributed by atoms with Gasteiger partial charge in [-0.3, -0.25) is 9.59 Å². The van der Waals surface area contributed by atoms with Gasteiger partial charge in [0.2, 0.25) is 5.12 Å². The Kier molecular flexibility index (Phi) is 5.08. The van der Waals surface area contributed by atoms with E-state index >= 15 is 0 Å². The number of carbonyl (C=O) groups excluding carboxylic acids is 2. The zero-order valence-electron chi connectivity index (χ0n) is 11.7. The Balaban J connectivity index is 2.31. The van der Waals surface area contributed by atoms with Gasteiger partial charge in [0.05, 0.1) is 7.11 Å². The van der Waals surface area contributed by atoms with Crippen molar-refractivity contribution in [3.63, 3.8) is 0 Å². The predicted molar refractivity (Wildman–Crippen MR) is 85.8 cm³/mol. The molecule has 0 radical (unpaired) electrons. The summed E-state index contributed by atoms with van der Waals surface area (Å²) in [6.45, 7) is 1.32. The van der Waals surface area contributed by atoms with Gasteiger partial charge in [-0.15, -0.1) is 11.8 Å². The zero-order chi connectivity index (χ0) is 15.4. The average Bonchev–Trinajstić information content (AvgIpc) is 2.80. The van der Waals surface area contributed by atoms with Gasteiger partial charge in [-0.2, -0.15) is 0 Å². The Morgan fingerprint density at radius 1 is 1.38 bits per heavy atom. The molecule has 21 heavy (non-hydrogen) atoms. The molecule has 5 nitrogen and oxygen atoms in total. The van der Waals surface area contributed by atoms with Crippen LogP contribution in [0.2, 0.25) is 0 Å².